The van der Waals surface area contributed by atoms with Crippen LogP contribution < -0.4 is 0 Å². The Morgan fingerprint density at radius 2 is 1.57 bits per heavy atom. The van der Waals surface area contributed by atoms with Gasteiger partial charge in [-0.1, -0.05) is 77.6 Å². The quantitative estimate of drug-likeness (QED) is 0.430. The molecule has 0 atom stereocenters. The maximum Gasteiger partial charge on any atom is 0.147 e. The molecule has 0 bridgehead atoms. The maximum atomic E-state index is 9.95. The molecular formula is C23H17N3OS. The molecule has 0 aliphatic rings. The lowest BCUT2D eigenvalue weighted by atomic mass is 9.99. The Labute approximate surface area is 167 Å². The Balaban J connectivity index is 1.95. The summed E-state index contributed by atoms with van der Waals surface area (Å²) in [7, 11) is 0. The second-order valence-corrected chi connectivity index (χ2v) is 7.33. The fourth-order valence-electron chi connectivity index (χ4n) is 3.02. The van der Waals surface area contributed by atoms with E-state index in [9.17, 15) is 5.26 Å². The molecule has 4 aromatic rings. The van der Waals surface area contributed by atoms with E-state index in [1.54, 1.807) is 0 Å². The molecule has 4 rings (SSSR count). The number of nitrogens with zero attached hydrogens (tertiary/aromatic N) is 3. The zero-order chi connectivity index (χ0) is 19.5. The first-order valence-electron chi connectivity index (χ1n) is 8.84. The summed E-state index contributed by atoms with van der Waals surface area (Å²) in [6.45, 7) is 3.76. The molecule has 0 saturated heterocycles. The van der Waals surface area contributed by atoms with Crippen LogP contribution >= 0.6 is 11.8 Å². The average molecular weight is 383 g/mol. The fourth-order valence-corrected chi connectivity index (χ4v) is 3.98. The standard InChI is InChI=1S/C23H17N3OS/c1-15-22(16(2)27-26-15)28-23-20(14-24)19(17-9-5-3-6-10-17)13-21(25-23)18-11-7-4-8-12-18/h3-13H,1-2H3. The van der Waals surface area contributed by atoms with E-state index in [2.05, 4.69) is 11.2 Å². The van der Waals surface area contributed by atoms with Gasteiger partial charge in [0.25, 0.3) is 0 Å². The summed E-state index contributed by atoms with van der Waals surface area (Å²) in [5.74, 6) is 0.722. The van der Waals surface area contributed by atoms with E-state index < -0.39 is 0 Å². The van der Waals surface area contributed by atoms with Crippen molar-refractivity contribution in [3.8, 4) is 28.5 Å². The van der Waals surface area contributed by atoms with Gasteiger partial charge in [-0.3, -0.25) is 0 Å². The van der Waals surface area contributed by atoms with Crippen LogP contribution in [0.3, 0.4) is 0 Å². The van der Waals surface area contributed by atoms with Crippen molar-refractivity contribution < 1.29 is 4.52 Å². The molecule has 0 saturated carbocycles. The normalized spacial score (nSPS) is 10.6. The number of aryl methyl sites for hydroxylation is 2. The number of nitriles is 1. The van der Waals surface area contributed by atoms with E-state index in [1.807, 2.05) is 80.6 Å². The minimum Gasteiger partial charge on any atom is -0.360 e. The van der Waals surface area contributed by atoms with Crippen LogP contribution in [0, 0.1) is 25.2 Å². The predicted octanol–water partition coefficient (Wildman–Crippen LogP) is 6.04. The Kier molecular flexibility index (Phi) is 4.96. The average Bonchev–Trinajstić information content (AvgIpc) is 3.06. The van der Waals surface area contributed by atoms with Gasteiger partial charge >= 0.3 is 0 Å². The topological polar surface area (TPSA) is 62.7 Å². The third-order valence-corrected chi connectivity index (χ3v) is 5.69. The summed E-state index contributed by atoms with van der Waals surface area (Å²) in [5.41, 5.74) is 5.03. The molecule has 0 aliphatic heterocycles. The SMILES string of the molecule is Cc1noc(C)c1Sc1nc(-c2ccccc2)cc(-c2ccccc2)c1C#N. The van der Waals surface area contributed by atoms with Crippen molar-refractivity contribution in [1.82, 2.24) is 10.1 Å². The van der Waals surface area contributed by atoms with Crippen molar-refractivity contribution in [2.24, 2.45) is 0 Å². The van der Waals surface area contributed by atoms with Gasteiger partial charge in [-0.15, -0.1) is 0 Å². The van der Waals surface area contributed by atoms with Crippen LogP contribution in [0.2, 0.25) is 0 Å². The van der Waals surface area contributed by atoms with Gasteiger partial charge in [-0.25, -0.2) is 4.98 Å². The van der Waals surface area contributed by atoms with Gasteiger partial charge in [0.2, 0.25) is 0 Å². The minimum atomic E-state index is 0.552. The number of aromatic nitrogens is 2. The van der Waals surface area contributed by atoms with Gasteiger partial charge in [0, 0.05) is 11.1 Å². The number of hydrogen-bond acceptors (Lipinski definition) is 5. The van der Waals surface area contributed by atoms with E-state index in [-0.39, 0.29) is 0 Å². The van der Waals surface area contributed by atoms with E-state index in [4.69, 9.17) is 9.51 Å². The van der Waals surface area contributed by atoms with Crippen molar-refractivity contribution in [2.75, 3.05) is 0 Å². The summed E-state index contributed by atoms with van der Waals surface area (Å²) >= 11 is 1.43. The molecule has 0 aliphatic carbocycles. The van der Waals surface area contributed by atoms with Crippen LogP contribution in [-0.2, 0) is 0 Å². The largest absolute Gasteiger partial charge is 0.360 e. The Hall–Kier alpha value is -3.36. The molecule has 0 fully saturated rings. The highest BCUT2D eigenvalue weighted by atomic mass is 32.2. The zero-order valence-corrected chi connectivity index (χ0v) is 16.3. The molecule has 28 heavy (non-hydrogen) atoms. The molecule has 0 amide bonds. The van der Waals surface area contributed by atoms with Gasteiger partial charge in [0.1, 0.15) is 16.9 Å². The van der Waals surface area contributed by atoms with Crippen molar-refractivity contribution >= 4 is 11.8 Å². The first-order valence-corrected chi connectivity index (χ1v) is 9.65. The molecule has 0 radical (unpaired) electrons. The second-order valence-electron chi connectivity index (χ2n) is 6.33. The van der Waals surface area contributed by atoms with Gasteiger partial charge in [0.05, 0.1) is 21.8 Å². The van der Waals surface area contributed by atoms with Crippen molar-refractivity contribution in [3.63, 3.8) is 0 Å². The number of rotatable bonds is 4. The smallest absolute Gasteiger partial charge is 0.147 e. The lowest BCUT2D eigenvalue weighted by Gasteiger charge is -2.12. The Morgan fingerprint density at radius 3 is 2.14 bits per heavy atom. The summed E-state index contributed by atoms with van der Waals surface area (Å²) in [6.07, 6.45) is 0. The molecule has 0 spiro atoms. The molecular weight excluding hydrogens is 366 g/mol. The zero-order valence-electron chi connectivity index (χ0n) is 15.5. The summed E-state index contributed by atoms with van der Waals surface area (Å²) < 4.78 is 5.29. The molecule has 2 heterocycles. The fraction of sp³-hybridized carbons (Fsp3) is 0.0870. The first kappa shape index (κ1) is 18.0. The van der Waals surface area contributed by atoms with Crippen LogP contribution in [0.4, 0.5) is 0 Å². The highest BCUT2D eigenvalue weighted by Crippen LogP contribution is 2.39. The lowest BCUT2D eigenvalue weighted by molar-refractivity contribution is 0.391. The third kappa shape index (κ3) is 3.42. The van der Waals surface area contributed by atoms with Gasteiger partial charge in [-0.05, 0) is 25.5 Å². The van der Waals surface area contributed by atoms with Crippen LogP contribution in [0.5, 0.6) is 0 Å². The number of pyridine rings is 1. The van der Waals surface area contributed by atoms with E-state index in [0.29, 0.717) is 10.6 Å². The molecule has 2 aromatic carbocycles. The van der Waals surface area contributed by atoms with Crippen molar-refractivity contribution in [3.05, 3.63) is 83.7 Å². The van der Waals surface area contributed by atoms with Crippen molar-refractivity contribution in [1.29, 1.82) is 5.26 Å². The van der Waals surface area contributed by atoms with E-state index in [0.717, 1.165) is 38.7 Å². The molecule has 2 aromatic heterocycles. The third-order valence-electron chi connectivity index (χ3n) is 4.42. The Bertz CT molecular complexity index is 1140. The lowest BCUT2D eigenvalue weighted by Crippen LogP contribution is -1.96. The molecule has 4 nitrogen and oxygen atoms in total. The van der Waals surface area contributed by atoms with Crippen molar-refractivity contribution in [2.45, 2.75) is 23.8 Å². The maximum absolute atomic E-state index is 9.95. The molecule has 0 unspecified atom stereocenters. The number of hydrogen-bond donors (Lipinski definition) is 0. The highest BCUT2D eigenvalue weighted by Gasteiger charge is 2.19. The summed E-state index contributed by atoms with van der Waals surface area (Å²) in [4.78, 5) is 5.72. The van der Waals surface area contributed by atoms with Crippen LogP contribution in [0.15, 0.2) is 81.2 Å². The predicted molar refractivity (Wildman–Crippen MR) is 110 cm³/mol. The minimum absolute atomic E-state index is 0.552. The molecule has 0 N–H and O–H groups in total. The highest BCUT2D eigenvalue weighted by molar-refractivity contribution is 7.99. The van der Waals surface area contributed by atoms with Gasteiger partial charge in [0.15, 0.2) is 0 Å². The van der Waals surface area contributed by atoms with E-state index >= 15 is 0 Å². The summed E-state index contributed by atoms with van der Waals surface area (Å²) in [5, 5.41) is 14.6. The molecule has 5 heteroatoms. The monoisotopic (exact) mass is 383 g/mol. The van der Waals surface area contributed by atoms with Crippen LogP contribution in [0.1, 0.15) is 17.0 Å². The van der Waals surface area contributed by atoms with Gasteiger partial charge < -0.3 is 4.52 Å². The van der Waals surface area contributed by atoms with Crippen LogP contribution in [0.25, 0.3) is 22.4 Å². The summed E-state index contributed by atoms with van der Waals surface area (Å²) in [6, 6.07) is 24.3. The Morgan fingerprint density at radius 1 is 0.929 bits per heavy atom. The van der Waals surface area contributed by atoms with E-state index in [1.165, 1.54) is 11.8 Å². The van der Waals surface area contributed by atoms with Gasteiger partial charge in [-0.2, -0.15) is 5.26 Å². The second kappa shape index (κ2) is 7.71. The first-order chi connectivity index (χ1) is 13.7. The van der Waals surface area contributed by atoms with Crippen LogP contribution in [-0.4, -0.2) is 10.1 Å². The molecule has 136 valence electrons. The number of benzene rings is 2.